The zero-order valence-corrected chi connectivity index (χ0v) is 16.2. The van der Waals surface area contributed by atoms with Gasteiger partial charge < -0.3 is 19.9 Å². The highest BCUT2D eigenvalue weighted by atomic mass is 35.5. The van der Waals surface area contributed by atoms with Crippen molar-refractivity contribution >= 4 is 24.1 Å². The van der Waals surface area contributed by atoms with E-state index in [9.17, 15) is 4.79 Å². The van der Waals surface area contributed by atoms with Crippen molar-refractivity contribution in [1.29, 1.82) is 0 Å². The van der Waals surface area contributed by atoms with Gasteiger partial charge in [-0.2, -0.15) is 0 Å². The van der Waals surface area contributed by atoms with Crippen LogP contribution in [0.4, 0.5) is 5.82 Å². The predicted molar refractivity (Wildman–Crippen MR) is 102 cm³/mol. The van der Waals surface area contributed by atoms with E-state index in [4.69, 9.17) is 4.74 Å². The van der Waals surface area contributed by atoms with Crippen LogP contribution in [0.25, 0.3) is 0 Å². The van der Waals surface area contributed by atoms with E-state index in [1.165, 1.54) is 0 Å². The molecule has 0 unspecified atom stereocenters. The average Bonchev–Trinajstić information content (AvgIpc) is 2.61. The molecule has 0 spiro atoms. The van der Waals surface area contributed by atoms with E-state index in [-0.39, 0.29) is 18.3 Å². The summed E-state index contributed by atoms with van der Waals surface area (Å²) in [6, 6.07) is 4.08. The number of rotatable bonds is 8. The van der Waals surface area contributed by atoms with Crippen LogP contribution in [0.5, 0.6) is 0 Å². The third-order valence-corrected chi connectivity index (χ3v) is 4.16. The van der Waals surface area contributed by atoms with Gasteiger partial charge in [0.1, 0.15) is 5.82 Å². The SMILES string of the molecule is COCCN(C)c1ccc(CN(C)CC(=O)N2CCNCC2)cn1.Cl. The number of piperazine rings is 1. The van der Waals surface area contributed by atoms with Crippen molar-refractivity contribution in [3.63, 3.8) is 0 Å². The molecule has 1 N–H and O–H groups in total. The number of hydrogen-bond acceptors (Lipinski definition) is 6. The molecule has 0 aliphatic carbocycles. The maximum Gasteiger partial charge on any atom is 0.236 e. The van der Waals surface area contributed by atoms with Crippen LogP contribution in [-0.4, -0.2) is 87.8 Å². The summed E-state index contributed by atoms with van der Waals surface area (Å²) in [7, 11) is 5.67. The van der Waals surface area contributed by atoms with E-state index in [0.29, 0.717) is 19.7 Å². The number of ether oxygens (including phenoxy) is 1. The monoisotopic (exact) mass is 371 g/mol. The zero-order valence-electron chi connectivity index (χ0n) is 15.4. The maximum absolute atomic E-state index is 12.3. The van der Waals surface area contributed by atoms with E-state index in [1.807, 2.05) is 36.2 Å². The second kappa shape index (κ2) is 11.3. The van der Waals surface area contributed by atoms with E-state index in [2.05, 4.69) is 21.3 Å². The van der Waals surface area contributed by atoms with Crippen molar-refractivity contribution < 1.29 is 9.53 Å². The lowest BCUT2D eigenvalue weighted by atomic mass is 10.2. The Morgan fingerprint density at radius 1 is 1.32 bits per heavy atom. The Kier molecular flexibility index (Phi) is 9.74. The fourth-order valence-corrected chi connectivity index (χ4v) is 2.69. The van der Waals surface area contributed by atoms with Gasteiger partial charge in [0.25, 0.3) is 0 Å². The number of amides is 1. The van der Waals surface area contributed by atoms with Gasteiger partial charge >= 0.3 is 0 Å². The van der Waals surface area contributed by atoms with Crippen molar-refractivity contribution in [1.82, 2.24) is 20.1 Å². The Labute approximate surface area is 156 Å². The molecular weight excluding hydrogens is 342 g/mol. The van der Waals surface area contributed by atoms with Crippen molar-refractivity contribution in [2.75, 3.05) is 72.0 Å². The number of hydrogen-bond donors (Lipinski definition) is 1. The number of halogens is 1. The Balaban J connectivity index is 0.00000312. The van der Waals surface area contributed by atoms with Crippen LogP contribution in [0, 0.1) is 0 Å². The first kappa shape index (κ1) is 21.6. The summed E-state index contributed by atoms with van der Waals surface area (Å²) in [4.78, 5) is 22.8. The summed E-state index contributed by atoms with van der Waals surface area (Å²) in [5.74, 6) is 1.12. The number of methoxy groups -OCH3 is 1. The fourth-order valence-electron chi connectivity index (χ4n) is 2.69. The van der Waals surface area contributed by atoms with Crippen LogP contribution in [0.15, 0.2) is 18.3 Å². The summed E-state index contributed by atoms with van der Waals surface area (Å²) >= 11 is 0. The Bertz CT molecular complexity index is 508. The summed E-state index contributed by atoms with van der Waals surface area (Å²) in [6.45, 7) is 6.02. The number of nitrogens with zero attached hydrogens (tertiary/aromatic N) is 4. The van der Waals surface area contributed by atoms with Gasteiger partial charge in [0.15, 0.2) is 0 Å². The van der Waals surface area contributed by atoms with Crippen molar-refractivity contribution in [3.8, 4) is 0 Å². The molecule has 1 aliphatic heterocycles. The first-order chi connectivity index (χ1) is 11.6. The molecule has 0 aromatic carbocycles. The first-order valence-corrected chi connectivity index (χ1v) is 8.42. The van der Waals surface area contributed by atoms with E-state index in [1.54, 1.807) is 7.11 Å². The molecule has 1 aromatic heterocycles. The molecule has 25 heavy (non-hydrogen) atoms. The average molecular weight is 372 g/mol. The van der Waals surface area contributed by atoms with Crippen LogP contribution >= 0.6 is 12.4 Å². The lowest BCUT2D eigenvalue weighted by Crippen LogP contribution is -2.49. The molecule has 0 saturated carbocycles. The van der Waals surface area contributed by atoms with Gasteiger partial charge in [-0.3, -0.25) is 9.69 Å². The number of likely N-dealkylation sites (N-methyl/N-ethyl adjacent to an activating group) is 2. The van der Waals surface area contributed by atoms with Crippen molar-refractivity contribution in [3.05, 3.63) is 23.9 Å². The first-order valence-electron chi connectivity index (χ1n) is 8.42. The van der Waals surface area contributed by atoms with Crippen molar-refractivity contribution in [2.45, 2.75) is 6.54 Å². The second-order valence-electron chi connectivity index (χ2n) is 6.24. The van der Waals surface area contributed by atoms with Crippen LogP contribution in [-0.2, 0) is 16.1 Å². The zero-order chi connectivity index (χ0) is 17.4. The highest BCUT2D eigenvalue weighted by Crippen LogP contribution is 2.11. The topological polar surface area (TPSA) is 60.9 Å². The molecule has 0 radical (unpaired) electrons. The minimum atomic E-state index is 0. The molecule has 1 aliphatic rings. The molecule has 0 bridgehead atoms. The number of anilines is 1. The molecule has 2 heterocycles. The molecule has 2 rings (SSSR count). The number of pyridine rings is 1. The van der Waals surface area contributed by atoms with Gasteiger partial charge in [-0.1, -0.05) is 6.07 Å². The normalized spacial score (nSPS) is 14.3. The van der Waals surface area contributed by atoms with Crippen LogP contribution in [0.2, 0.25) is 0 Å². The molecule has 0 atom stereocenters. The fraction of sp³-hybridized carbons (Fsp3) is 0.647. The van der Waals surface area contributed by atoms with Gasteiger partial charge in [-0.05, 0) is 18.7 Å². The largest absolute Gasteiger partial charge is 0.383 e. The summed E-state index contributed by atoms with van der Waals surface area (Å²) < 4.78 is 5.08. The van der Waals surface area contributed by atoms with Crippen LogP contribution in [0.3, 0.4) is 0 Å². The molecule has 142 valence electrons. The smallest absolute Gasteiger partial charge is 0.236 e. The number of carbonyl (C=O) groups excluding carboxylic acids is 1. The molecule has 1 fully saturated rings. The number of nitrogens with one attached hydrogen (secondary N) is 1. The van der Waals surface area contributed by atoms with Crippen LogP contribution in [0.1, 0.15) is 5.56 Å². The lowest BCUT2D eigenvalue weighted by molar-refractivity contribution is -0.132. The molecular formula is C17H30ClN5O2. The van der Waals surface area contributed by atoms with Gasteiger partial charge in [0.2, 0.25) is 5.91 Å². The highest BCUT2D eigenvalue weighted by molar-refractivity contribution is 5.85. The van der Waals surface area contributed by atoms with Crippen LogP contribution < -0.4 is 10.2 Å². The van der Waals surface area contributed by atoms with E-state index in [0.717, 1.165) is 44.1 Å². The number of aromatic nitrogens is 1. The summed E-state index contributed by atoms with van der Waals surface area (Å²) in [5, 5.41) is 3.26. The standard InChI is InChI=1S/C17H29N5O2.ClH/c1-20(14-17(23)22-8-6-18-7-9-22)13-15-4-5-16(19-12-15)21(2)10-11-24-3;/h4-5,12,18H,6-11,13-14H2,1-3H3;1H. The molecule has 8 heteroatoms. The van der Waals surface area contributed by atoms with E-state index < -0.39 is 0 Å². The molecule has 1 saturated heterocycles. The van der Waals surface area contributed by atoms with E-state index >= 15 is 0 Å². The van der Waals surface area contributed by atoms with Gasteiger partial charge in [-0.15, -0.1) is 12.4 Å². The molecule has 7 nitrogen and oxygen atoms in total. The Hall–Kier alpha value is -1.41. The molecule has 1 amide bonds. The third kappa shape index (κ3) is 7.15. The second-order valence-corrected chi connectivity index (χ2v) is 6.24. The minimum absolute atomic E-state index is 0. The van der Waals surface area contributed by atoms with Gasteiger partial charge in [0, 0.05) is 59.6 Å². The number of carbonyl (C=O) groups is 1. The van der Waals surface area contributed by atoms with Crippen molar-refractivity contribution in [2.24, 2.45) is 0 Å². The van der Waals surface area contributed by atoms with Gasteiger partial charge in [-0.25, -0.2) is 4.98 Å². The molecule has 1 aromatic rings. The quantitative estimate of drug-likeness (QED) is 0.716. The Morgan fingerprint density at radius 3 is 2.64 bits per heavy atom. The third-order valence-electron chi connectivity index (χ3n) is 4.16. The minimum Gasteiger partial charge on any atom is -0.383 e. The summed E-state index contributed by atoms with van der Waals surface area (Å²) in [6.07, 6.45) is 1.88. The lowest BCUT2D eigenvalue weighted by Gasteiger charge is -2.29. The highest BCUT2D eigenvalue weighted by Gasteiger charge is 2.17. The predicted octanol–water partition coefficient (Wildman–Crippen LogP) is 0.450. The van der Waals surface area contributed by atoms with Gasteiger partial charge in [0.05, 0.1) is 13.2 Å². The summed E-state index contributed by atoms with van der Waals surface area (Å²) in [5.41, 5.74) is 1.11. The maximum atomic E-state index is 12.3. The Morgan fingerprint density at radius 2 is 2.04 bits per heavy atom.